The maximum atomic E-state index is 12.3. The van der Waals surface area contributed by atoms with Gasteiger partial charge in [-0.05, 0) is 37.5 Å². The summed E-state index contributed by atoms with van der Waals surface area (Å²) in [6.45, 7) is 2.74. The Labute approximate surface area is 155 Å². The molecule has 1 aromatic heterocycles. The smallest absolute Gasteiger partial charge is 0.286 e. The van der Waals surface area contributed by atoms with E-state index in [4.69, 9.17) is 11.6 Å². The SMILES string of the molecule is CCCC(=O)N1CCC[C@H]1c1nnc(C(=O)Nc2cccc(Cl)c2)s1. The second-order valence-electron chi connectivity index (χ2n) is 5.91. The van der Waals surface area contributed by atoms with E-state index in [0.29, 0.717) is 17.1 Å². The minimum absolute atomic E-state index is 0.0655. The van der Waals surface area contributed by atoms with Crippen molar-refractivity contribution in [1.29, 1.82) is 0 Å². The summed E-state index contributed by atoms with van der Waals surface area (Å²) in [6, 6.07) is 6.86. The molecule has 8 heteroatoms. The van der Waals surface area contributed by atoms with Gasteiger partial charge in [-0.15, -0.1) is 10.2 Å². The van der Waals surface area contributed by atoms with E-state index >= 15 is 0 Å². The average molecular weight is 379 g/mol. The van der Waals surface area contributed by atoms with E-state index in [1.54, 1.807) is 24.3 Å². The molecule has 1 atom stereocenters. The number of carbonyl (C=O) groups excluding carboxylic acids is 2. The van der Waals surface area contributed by atoms with Crippen LogP contribution in [0.2, 0.25) is 5.02 Å². The minimum Gasteiger partial charge on any atom is -0.333 e. The number of amides is 2. The Hall–Kier alpha value is -1.99. The van der Waals surface area contributed by atoms with Crippen molar-refractivity contribution in [2.75, 3.05) is 11.9 Å². The van der Waals surface area contributed by atoms with Gasteiger partial charge in [-0.1, -0.05) is 35.9 Å². The number of nitrogens with zero attached hydrogens (tertiary/aromatic N) is 3. The van der Waals surface area contributed by atoms with Gasteiger partial charge in [0.25, 0.3) is 5.91 Å². The summed E-state index contributed by atoms with van der Waals surface area (Å²) in [5.41, 5.74) is 0.606. The molecule has 0 saturated carbocycles. The molecule has 0 unspecified atom stereocenters. The predicted molar refractivity (Wildman–Crippen MR) is 97.9 cm³/mol. The number of aromatic nitrogens is 2. The molecule has 0 radical (unpaired) electrons. The monoisotopic (exact) mass is 378 g/mol. The van der Waals surface area contributed by atoms with Gasteiger partial charge in [-0.3, -0.25) is 9.59 Å². The topological polar surface area (TPSA) is 75.2 Å². The van der Waals surface area contributed by atoms with Gasteiger partial charge in [0.2, 0.25) is 10.9 Å². The molecule has 2 amide bonds. The first kappa shape index (κ1) is 17.8. The van der Waals surface area contributed by atoms with Crippen molar-refractivity contribution in [3.05, 3.63) is 39.3 Å². The molecule has 0 bridgehead atoms. The van der Waals surface area contributed by atoms with Crippen LogP contribution in [0.25, 0.3) is 0 Å². The summed E-state index contributed by atoms with van der Waals surface area (Å²) in [6.07, 6.45) is 3.17. The van der Waals surface area contributed by atoms with Crippen LogP contribution in [0.15, 0.2) is 24.3 Å². The third kappa shape index (κ3) is 4.16. The van der Waals surface area contributed by atoms with Crippen LogP contribution in [0.5, 0.6) is 0 Å². The first-order chi connectivity index (χ1) is 12.1. The fraction of sp³-hybridized carbons (Fsp3) is 0.412. The third-order valence-electron chi connectivity index (χ3n) is 4.04. The van der Waals surface area contributed by atoms with Crippen molar-refractivity contribution in [3.63, 3.8) is 0 Å². The van der Waals surface area contributed by atoms with Crippen LogP contribution >= 0.6 is 22.9 Å². The van der Waals surface area contributed by atoms with Crippen molar-refractivity contribution in [2.45, 2.75) is 38.6 Å². The highest BCUT2D eigenvalue weighted by atomic mass is 35.5. The second-order valence-corrected chi connectivity index (χ2v) is 7.35. The van der Waals surface area contributed by atoms with Crippen LogP contribution in [0, 0.1) is 0 Å². The minimum atomic E-state index is -0.324. The van der Waals surface area contributed by atoms with E-state index < -0.39 is 0 Å². The molecule has 1 aromatic carbocycles. The van der Waals surface area contributed by atoms with Crippen molar-refractivity contribution in [3.8, 4) is 0 Å². The normalized spacial score (nSPS) is 16.9. The predicted octanol–water partition coefficient (Wildman–Crippen LogP) is 3.91. The Kier molecular flexibility index (Phi) is 5.65. The maximum absolute atomic E-state index is 12.3. The van der Waals surface area contributed by atoms with Crippen LogP contribution in [0.3, 0.4) is 0 Å². The van der Waals surface area contributed by atoms with E-state index in [1.165, 1.54) is 11.3 Å². The summed E-state index contributed by atoms with van der Waals surface area (Å²) in [5, 5.41) is 12.5. The quantitative estimate of drug-likeness (QED) is 0.855. The van der Waals surface area contributed by atoms with Gasteiger partial charge in [0.05, 0.1) is 6.04 Å². The van der Waals surface area contributed by atoms with Crippen molar-refractivity contribution < 1.29 is 9.59 Å². The lowest BCUT2D eigenvalue weighted by atomic mass is 10.2. The van der Waals surface area contributed by atoms with Gasteiger partial charge in [0.15, 0.2) is 0 Å². The van der Waals surface area contributed by atoms with E-state index in [-0.39, 0.29) is 22.9 Å². The number of rotatable bonds is 5. The maximum Gasteiger partial charge on any atom is 0.286 e. The van der Waals surface area contributed by atoms with Crippen LogP contribution in [-0.2, 0) is 4.79 Å². The second kappa shape index (κ2) is 7.93. The molecule has 6 nitrogen and oxygen atoms in total. The Morgan fingerprint density at radius 2 is 2.24 bits per heavy atom. The first-order valence-electron chi connectivity index (χ1n) is 8.28. The van der Waals surface area contributed by atoms with Crippen LogP contribution in [0.4, 0.5) is 5.69 Å². The Bertz CT molecular complexity index is 780. The summed E-state index contributed by atoms with van der Waals surface area (Å²) in [7, 11) is 0. The zero-order valence-corrected chi connectivity index (χ0v) is 15.4. The van der Waals surface area contributed by atoms with Crippen LogP contribution in [-0.4, -0.2) is 33.5 Å². The number of likely N-dealkylation sites (tertiary alicyclic amines) is 1. The Balaban J connectivity index is 1.71. The lowest BCUT2D eigenvalue weighted by molar-refractivity contribution is -0.132. The molecular weight excluding hydrogens is 360 g/mol. The molecule has 1 fully saturated rings. The van der Waals surface area contributed by atoms with E-state index in [9.17, 15) is 9.59 Å². The zero-order valence-electron chi connectivity index (χ0n) is 13.9. The zero-order chi connectivity index (χ0) is 17.8. The lowest BCUT2D eigenvalue weighted by Crippen LogP contribution is -2.30. The molecule has 1 aliphatic heterocycles. The Morgan fingerprint density at radius 1 is 1.40 bits per heavy atom. The van der Waals surface area contributed by atoms with Gasteiger partial charge in [-0.2, -0.15) is 0 Å². The van der Waals surface area contributed by atoms with Gasteiger partial charge < -0.3 is 10.2 Å². The summed E-state index contributed by atoms with van der Waals surface area (Å²) >= 11 is 7.16. The largest absolute Gasteiger partial charge is 0.333 e. The van der Waals surface area contributed by atoms with Gasteiger partial charge in [0.1, 0.15) is 5.01 Å². The van der Waals surface area contributed by atoms with Crippen molar-refractivity contribution >= 4 is 40.4 Å². The molecule has 2 heterocycles. The summed E-state index contributed by atoms with van der Waals surface area (Å²) in [5.74, 6) is -0.180. The first-order valence-corrected chi connectivity index (χ1v) is 9.47. The lowest BCUT2D eigenvalue weighted by Gasteiger charge is -2.22. The standard InChI is InChI=1S/C17H19ClN4O2S/c1-2-5-14(23)22-9-4-8-13(22)16-20-21-17(25-16)15(24)19-12-7-3-6-11(18)10-12/h3,6-7,10,13H,2,4-5,8-9H2,1H3,(H,19,24)/t13-/m0/s1. The molecule has 1 N–H and O–H groups in total. The van der Waals surface area contributed by atoms with Crippen molar-refractivity contribution in [1.82, 2.24) is 15.1 Å². The van der Waals surface area contributed by atoms with E-state index in [1.807, 2.05) is 11.8 Å². The van der Waals surface area contributed by atoms with Gasteiger partial charge >= 0.3 is 0 Å². The van der Waals surface area contributed by atoms with Crippen LogP contribution < -0.4 is 5.32 Å². The van der Waals surface area contributed by atoms with Crippen molar-refractivity contribution in [2.24, 2.45) is 0 Å². The highest BCUT2D eigenvalue weighted by molar-refractivity contribution is 7.13. The van der Waals surface area contributed by atoms with E-state index in [0.717, 1.165) is 30.8 Å². The van der Waals surface area contributed by atoms with Gasteiger partial charge in [0, 0.05) is 23.7 Å². The van der Waals surface area contributed by atoms with E-state index in [2.05, 4.69) is 15.5 Å². The number of hydrogen-bond donors (Lipinski definition) is 1. The molecule has 25 heavy (non-hydrogen) atoms. The molecular formula is C17H19ClN4O2S. The molecule has 1 aliphatic rings. The number of hydrogen-bond acceptors (Lipinski definition) is 5. The molecule has 0 aliphatic carbocycles. The number of nitrogens with one attached hydrogen (secondary N) is 1. The summed E-state index contributed by atoms with van der Waals surface area (Å²) < 4.78 is 0. The number of anilines is 1. The number of halogens is 1. The third-order valence-corrected chi connectivity index (χ3v) is 5.30. The molecule has 132 valence electrons. The molecule has 1 saturated heterocycles. The average Bonchev–Trinajstić information content (AvgIpc) is 3.24. The molecule has 3 rings (SSSR count). The van der Waals surface area contributed by atoms with Crippen LogP contribution in [0.1, 0.15) is 53.5 Å². The fourth-order valence-corrected chi connectivity index (χ4v) is 3.97. The highest BCUT2D eigenvalue weighted by Crippen LogP contribution is 2.34. The Morgan fingerprint density at radius 3 is 3.00 bits per heavy atom. The number of carbonyl (C=O) groups is 2. The molecule has 0 spiro atoms. The highest BCUT2D eigenvalue weighted by Gasteiger charge is 2.32. The summed E-state index contributed by atoms with van der Waals surface area (Å²) in [4.78, 5) is 26.4. The fourth-order valence-electron chi connectivity index (χ4n) is 2.89. The number of benzene rings is 1. The van der Waals surface area contributed by atoms with Gasteiger partial charge in [-0.25, -0.2) is 0 Å². The molecule has 2 aromatic rings.